The summed E-state index contributed by atoms with van der Waals surface area (Å²) in [7, 11) is 0. The first-order chi connectivity index (χ1) is 13.8. The van der Waals surface area contributed by atoms with Crippen molar-refractivity contribution < 1.29 is 9.90 Å². The Labute approximate surface area is 178 Å². The van der Waals surface area contributed by atoms with Crippen molar-refractivity contribution >= 4 is 5.91 Å². The van der Waals surface area contributed by atoms with Crippen molar-refractivity contribution in [2.75, 3.05) is 6.54 Å². The Bertz CT molecular complexity index is 657. The van der Waals surface area contributed by atoms with Crippen molar-refractivity contribution in [1.82, 2.24) is 5.32 Å². The van der Waals surface area contributed by atoms with Crippen LogP contribution in [-0.4, -0.2) is 23.7 Å². The Balaban J connectivity index is 1.48. The minimum atomic E-state index is -0.110. The molecule has 0 aromatic heterocycles. The zero-order chi connectivity index (χ0) is 20.8. The number of allylic oxidation sites excluding steroid dienone is 1. The number of amides is 1. The van der Waals surface area contributed by atoms with E-state index in [9.17, 15) is 9.90 Å². The van der Waals surface area contributed by atoms with Gasteiger partial charge in [-0.25, -0.2) is 0 Å². The van der Waals surface area contributed by atoms with Crippen LogP contribution in [0.4, 0.5) is 0 Å². The maximum atomic E-state index is 12.0. The van der Waals surface area contributed by atoms with Crippen molar-refractivity contribution in [2.24, 2.45) is 40.4 Å². The van der Waals surface area contributed by atoms with E-state index < -0.39 is 0 Å². The average Bonchev–Trinajstić information content (AvgIpc) is 3.04. The lowest BCUT2D eigenvalue weighted by molar-refractivity contribution is -0.121. The van der Waals surface area contributed by atoms with E-state index in [4.69, 9.17) is 0 Å². The summed E-state index contributed by atoms with van der Waals surface area (Å²) in [4.78, 5) is 12.0. The van der Waals surface area contributed by atoms with Gasteiger partial charge in [0.25, 0.3) is 0 Å². The van der Waals surface area contributed by atoms with E-state index in [1.54, 1.807) is 5.57 Å². The van der Waals surface area contributed by atoms with Crippen molar-refractivity contribution in [1.29, 1.82) is 0 Å². The molecule has 0 unspecified atom stereocenters. The van der Waals surface area contributed by atoms with Crippen LogP contribution in [0, 0.1) is 40.4 Å². The van der Waals surface area contributed by atoms with Gasteiger partial charge in [0, 0.05) is 13.0 Å². The largest absolute Gasteiger partial charge is 0.393 e. The summed E-state index contributed by atoms with van der Waals surface area (Å²) < 4.78 is 0. The van der Waals surface area contributed by atoms with Crippen LogP contribution in [0.1, 0.15) is 91.9 Å². The molecule has 29 heavy (non-hydrogen) atoms. The summed E-state index contributed by atoms with van der Waals surface area (Å²) in [6, 6.07) is 0. The summed E-state index contributed by atoms with van der Waals surface area (Å²) >= 11 is 0. The quantitative estimate of drug-likeness (QED) is 0.599. The molecule has 8 atom stereocenters. The highest BCUT2D eigenvalue weighted by molar-refractivity contribution is 5.75. The molecule has 0 aromatic carbocycles. The van der Waals surface area contributed by atoms with Crippen LogP contribution < -0.4 is 5.32 Å². The summed E-state index contributed by atoms with van der Waals surface area (Å²) in [5.74, 6) is 4.13. The molecule has 0 heterocycles. The van der Waals surface area contributed by atoms with Crippen LogP contribution in [0.25, 0.3) is 0 Å². The second-order valence-corrected chi connectivity index (χ2v) is 11.4. The molecule has 2 N–H and O–H groups in total. The van der Waals surface area contributed by atoms with Gasteiger partial charge in [-0.1, -0.05) is 32.4 Å². The normalized spacial score (nSPS) is 44.9. The minimum Gasteiger partial charge on any atom is -0.393 e. The topological polar surface area (TPSA) is 49.3 Å². The number of carbonyl (C=O) groups is 1. The molecule has 3 saturated carbocycles. The van der Waals surface area contributed by atoms with E-state index >= 15 is 0 Å². The first-order valence-corrected chi connectivity index (χ1v) is 12.4. The monoisotopic (exact) mass is 401 g/mol. The van der Waals surface area contributed by atoms with Crippen LogP contribution in [0.2, 0.25) is 0 Å². The molecule has 3 nitrogen and oxygen atoms in total. The van der Waals surface area contributed by atoms with E-state index in [2.05, 4.69) is 32.2 Å². The van der Waals surface area contributed by atoms with Gasteiger partial charge in [-0.3, -0.25) is 4.79 Å². The van der Waals surface area contributed by atoms with Crippen molar-refractivity contribution in [2.45, 2.75) is 98.0 Å². The first-order valence-electron chi connectivity index (χ1n) is 12.4. The molecule has 3 fully saturated rings. The van der Waals surface area contributed by atoms with Gasteiger partial charge in [0.1, 0.15) is 0 Å². The van der Waals surface area contributed by atoms with E-state index in [0.717, 1.165) is 49.5 Å². The second kappa shape index (κ2) is 8.02. The lowest BCUT2D eigenvalue weighted by Crippen LogP contribution is -2.50. The second-order valence-electron chi connectivity index (χ2n) is 11.4. The predicted octanol–water partition coefficient (Wildman–Crippen LogP) is 5.48. The van der Waals surface area contributed by atoms with Crippen LogP contribution in [0.3, 0.4) is 0 Å². The zero-order valence-electron chi connectivity index (χ0n) is 19.2. The molecule has 4 aliphatic carbocycles. The number of hydrogen-bond donors (Lipinski definition) is 2. The van der Waals surface area contributed by atoms with Gasteiger partial charge in [0.05, 0.1) is 6.10 Å². The fraction of sp³-hybridized carbons (Fsp3) is 0.885. The lowest BCUT2D eigenvalue weighted by atomic mass is 9.47. The van der Waals surface area contributed by atoms with Crippen LogP contribution in [-0.2, 0) is 4.79 Å². The molecule has 3 heteroatoms. The molecule has 0 saturated heterocycles. The number of hydrogen-bond acceptors (Lipinski definition) is 2. The highest BCUT2D eigenvalue weighted by Gasteiger charge is 2.59. The van der Waals surface area contributed by atoms with E-state index in [1.807, 2.05) is 6.92 Å². The van der Waals surface area contributed by atoms with E-state index in [0.29, 0.717) is 23.2 Å². The molecule has 0 spiro atoms. The fourth-order valence-corrected chi connectivity index (χ4v) is 8.46. The van der Waals surface area contributed by atoms with Gasteiger partial charge in [-0.15, -0.1) is 0 Å². The molecule has 4 aliphatic rings. The SMILES string of the molecule is CCNC(=O)CC[C@@H](C)[C@H]1CC[C@H]2[C@@H]3CC=C4C[C@@H](O)CC[C@]4(C)[C@H]3CC[C@]12C. The predicted molar refractivity (Wildman–Crippen MR) is 118 cm³/mol. The standard InChI is InChI=1S/C26H43NO2/c1-5-27-24(29)11-6-17(2)21-9-10-22-20-8-7-18-16-19(28)12-14-25(18,3)23(20)13-15-26(21,22)4/h7,17,19-23,28H,5-6,8-16H2,1-4H3,(H,27,29)/t17-,19+,20+,21-,22+,23+,25+,26-/m1/s1. The Kier molecular flexibility index (Phi) is 5.92. The zero-order valence-corrected chi connectivity index (χ0v) is 19.2. The summed E-state index contributed by atoms with van der Waals surface area (Å²) in [5, 5.41) is 13.2. The Morgan fingerprint density at radius 1 is 1.21 bits per heavy atom. The molecule has 0 aliphatic heterocycles. The Morgan fingerprint density at radius 2 is 2.00 bits per heavy atom. The van der Waals surface area contributed by atoms with E-state index in [1.165, 1.54) is 38.5 Å². The van der Waals surface area contributed by atoms with Crippen molar-refractivity contribution in [3.8, 4) is 0 Å². The van der Waals surface area contributed by atoms with Crippen LogP contribution in [0.5, 0.6) is 0 Å². The number of fused-ring (bicyclic) bond motifs is 5. The summed E-state index contributed by atoms with van der Waals surface area (Å²) in [6.45, 7) is 10.3. The highest BCUT2D eigenvalue weighted by atomic mass is 16.3. The third-order valence-electron chi connectivity index (χ3n) is 10.0. The number of rotatable bonds is 5. The van der Waals surface area contributed by atoms with Crippen molar-refractivity contribution in [3.63, 3.8) is 0 Å². The van der Waals surface area contributed by atoms with E-state index in [-0.39, 0.29) is 12.0 Å². The smallest absolute Gasteiger partial charge is 0.219 e. The van der Waals surface area contributed by atoms with Gasteiger partial charge in [0.2, 0.25) is 5.91 Å². The molecule has 1 amide bonds. The summed E-state index contributed by atoms with van der Waals surface area (Å²) in [5.41, 5.74) is 2.37. The van der Waals surface area contributed by atoms with Gasteiger partial charge in [0.15, 0.2) is 0 Å². The average molecular weight is 402 g/mol. The molecule has 164 valence electrons. The van der Waals surface area contributed by atoms with Gasteiger partial charge >= 0.3 is 0 Å². The highest BCUT2D eigenvalue weighted by Crippen LogP contribution is 2.67. The van der Waals surface area contributed by atoms with Gasteiger partial charge in [-0.2, -0.15) is 0 Å². The Hall–Kier alpha value is -0.830. The number of aliphatic hydroxyl groups is 1. The molecule has 0 aromatic rings. The van der Waals surface area contributed by atoms with Crippen LogP contribution in [0.15, 0.2) is 11.6 Å². The lowest BCUT2D eigenvalue weighted by Gasteiger charge is -2.58. The number of aliphatic hydroxyl groups excluding tert-OH is 1. The molecule has 4 rings (SSSR count). The first kappa shape index (κ1) is 21.4. The number of carbonyl (C=O) groups excluding carboxylic acids is 1. The van der Waals surface area contributed by atoms with Crippen LogP contribution >= 0.6 is 0 Å². The fourth-order valence-electron chi connectivity index (χ4n) is 8.46. The van der Waals surface area contributed by atoms with Gasteiger partial charge in [-0.05, 0) is 105 Å². The molecule has 0 bridgehead atoms. The Morgan fingerprint density at radius 3 is 2.76 bits per heavy atom. The molecular formula is C26H43NO2. The summed E-state index contributed by atoms with van der Waals surface area (Å²) in [6.07, 6.45) is 13.9. The van der Waals surface area contributed by atoms with Crippen molar-refractivity contribution in [3.05, 3.63) is 11.6 Å². The third kappa shape index (κ3) is 3.60. The van der Waals surface area contributed by atoms with Gasteiger partial charge < -0.3 is 10.4 Å². The maximum absolute atomic E-state index is 12.0. The molecule has 0 radical (unpaired) electrons. The third-order valence-corrected chi connectivity index (χ3v) is 10.0. The number of nitrogens with one attached hydrogen (secondary N) is 1. The molecular weight excluding hydrogens is 358 g/mol. The maximum Gasteiger partial charge on any atom is 0.219 e. The minimum absolute atomic E-state index is 0.110.